The summed E-state index contributed by atoms with van der Waals surface area (Å²) in [5.74, 6) is 0. The molecule has 0 heterocycles. The molecule has 3 aromatic carbocycles. The number of hydrogen-bond donors (Lipinski definition) is 0. The molecule has 0 aliphatic rings. The fourth-order valence-electron chi connectivity index (χ4n) is 2.16. The van der Waals surface area contributed by atoms with Gasteiger partial charge in [-0.05, 0) is 28.8 Å². The molecule has 0 bridgehead atoms. The largest absolute Gasteiger partial charge is 0.221 e. The van der Waals surface area contributed by atoms with E-state index in [1.165, 1.54) is 11.1 Å². The minimum Gasteiger partial charge on any atom is -0.221 e. The van der Waals surface area contributed by atoms with E-state index in [0.717, 1.165) is 11.3 Å². The molecule has 0 saturated heterocycles. The molecule has 22 heavy (non-hydrogen) atoms. The fraction of sp³-hybridized carbons (Fsp3) is 0.0500. The van der Waals surface area contributed by atoms with E-state index < -0.39 is 0 Å². The summed E-state index contributed by atoms with van der Waals surface area (Å²) < 4.78 is 0. The smallest absolute Gasteiger partial charge is 0.0952 e. The topological polar surface area (TPSA) is 24.7 Å². The molecule has 3 aromatic rings. The second-order valence-electron chi connectivity index (χ2n) is 4.93. The van der Waals surface area contributed by atoms with Crippen LogP contribution in [0.25, 0.3) is 11.1 Å². The van der Waals surface area contributed by atoms with Crippen LogP contribution < -0.4 is 0 Å². The molecular weight excluding hydrogens is 268 g/mol. The molecule has 0 N–H and O–H groups in total. The molecule has 0 spiro atoms. The van der Waals surface area contributed by atoms with Crippen LogP contribution in [0.5, 0.6) is 0 Å². The first-order valence-corrected chi connectivity index (χ1v) is 7.23. The lowest BCUT2D eigenvalue weighted by atomic mass is 10.0. The van der Waals surface area contributed by atoms with Crippen molar-refractivity contribution in [1.29, 1.82) is 0 Å². The van der Waals surface area contributed by atoms with E-state index in [0.29, 0.717) is 6.54 Å². The number of hydrogen-bond acceptors (Lipinski definition) is 2. The second kappa shape index (κ2) is 7.16. The van der Waals surface area contributed by atoms with Gasteiger partial charge in [-0.25, -0.2) is 4.99 Å². The van der Waals surface area contributed by atoms with Crippen molar-refractivity contribution in [2.24, 2.45) is 9.98 Å². The third kappa shape index (κ3) is 3.78. The lowest BCUT2D eigenvalue weighted by Crippen LogP contribution is -1.82. The van der Waals surface area contributed by atoms with E-state index in [1.807, 2.05) is 48.5 Å². The molecule has 3 rings (SSSR count). The number of benzene rings is 3. The van der Waals surface area contributed by atoms with Crippen LogP contribution in [0.2, 0.25) is 0 Å². The van der Waals surface area contributed by atoms with E-state index in [4.69, 9.17) is 0 Å². The van der Waals surface area contributed by atoms with E-state index in [9.17, 15) is 0 Å². The first-order valence-electron chi connectivity index (χ1n) is 7.23. The third-order valence-electron chi connectivity index (χ3n) is 3.33. The van der Waals surface area contributed by atoms with E-state index in [1.54, 1.807) is 0 Å². The Kier molecular flexibility index (Phi) is 4.56. The van der Waals surface area contributed by atoms with Gasteiger partial charge in [0.15, 0.2) is 0 Å². The van der Waals surface area contributed by atoms with Gasteiger partial charge in [-0.15, -0.1) is 0 Å². The lowest BCUT2D eigenvalue weighted by molar-refractivity contribution is 1.08. The molecule has 0 atom stereocenters. The summed E-state index contributed by atoms with van der Waals surface area (Å²) in [6.45, 7) is 0.589. The van der Waals surface area contributed by atoms with Gasteiger partial charge in [0.2, 0.25) is 0 Å². The van der Waals surface area contributed by atoms with Crippen LogP contribution in [0.3, 0.4) is 0 Å². The van der Waals surface area contributed by atoms with E-state index in [2.05, 4.69) is 52.4 Å². The van der Waals surface area contributed by atoms with E-state index in [-0.39, 0.29) is 0 Å². The van der Waals surface area contributed by atoms with Gasteiger partial charge in [0.25, 0.3) is 0 Å². The molecule has 0 fully saturated rings. The Morgan fingerprint density at radius 2 is 1.23 bits per heavy atom. The van der Waals surface area contributed by atoms with Crippen LogP contribution in [0.4, 0.5) is 5.69 Å². The monoisotopic (exact) mass is 284 g/mol. The van der Waals surface area contributed by atoms with E-state index >= 15 is 0 Å². The van der Waals surface area contributed by atoms with Crippen LogP contribution in [0.15, 0.2) is 94.9 Å². The van der Waals surface area contributed by atoms with Crippen LogP contribution in [-0.2, 0) is 6.54 Å². The van der Waals surface area contributed by atoms with Gasteiger partial charge < -0.3 is 0 Å². The average molecular weight is 284 g/mol. The predicted molar refractivity (Wildman–Crippen MR) is 91.5 cm³/mol. The van der Waals surface area contributed by atoms with Crippen LogP contribution >= 0.6 is 0 Å². The Labute approximate surface area is 130 Å². The number of nitrogens with zero attached hydrogens (tertiary/aromatic N) is 2. The van der Waals surface area contributed by atoms with Gasteiger partial charge >= 0.3 is 0 Å². The van der Waals surface area contributed by atoms with Crippen molar-refractivity contribution in [3.05, 3.63) is 90.5 Å². The fourth-order valence-corrected chi connectivity index (χ4v) is 2.16. The molecule has 0 unspecified atom stereocenters. The molecule has 0 amide bonds. The van der Waals surface area contributed by atoms with Gasteiger partial charge in [-0.2, -0.15) is 4.99 Å². The Bertz CT molecular complexity index is 769. The first kappa shape index (κ1) is 14.0. The summed E-state index contributed by atoms with van der Waals surface area (Å²) in [6, 6.07) is 31.2. The molecule has 0 radical (unpaired) electrons. The van der Waals surface area contributed by atoms with Gasteiger partial charge in [-0.3, -0.25) is 0 Å². The highest BCUT2D eigenvalue weighted by Crippen LogP contribution is 2.19. The summed E-state index contributed by atoms with van der Waals surface area (Å²) in [5, 5.41) is 0. The molecule has 106 valence electrons. The number of aliphatic imine (C=N–C) groups is 2. The van der Waals surface area contributed by atoms with Crippen molar-refractivity contribution >= 4 is 11.7 Å². The quantitative estimate of drug-likeness (QED) is 0.576. The zero-order chi connectivity index (χ0) is 15.0. The highest BCUT2D eigenvalue weighted by atomic mass is 14.8. The Hall–Kier alpha value is -2.96. The molecule has 0 aliphatic carbocycles. The lowest BCUT2D eigenvalue weighted by Gasteiger charge is -2.02. The number of para-hydroxylation sites is 1. The van der Waals surface area contributed by atoms with Crippen molar-refractivity contribution in [3.8, 4) is 11.1 Å². The summed E-state index contributed by atoms with van der Waals surface area (Å²) in [7, 11) is 0. The van der Waals surface area contributed by atoms with Crippen LogP contribution in [0.1, 0.15) is 5.56 Å². The molecule has 2 heteroatoms. The van der Waals surface area contributed by atoms with Crippen molar-refractivity contribution in [1.82, 2.24) is 0 Å². The van der Waals surface area contributed by atoms with Crippen LogP contribution in [0, 0.1) is 0 Å². The second-order valence-corrected chi connectivity index (χ2v) is 4.93. The summed E-state index contributed by atoms with van der Waals surface area (Å²) in [5.41, 5.74) is 4.45. The van der Waals surface area contributed by atoms with Gasteiger partial charge in [0, 0.05) is 0 Å². The highest BCUT2D eigenvalue weighted by molar-refractivity contribution is 5.63. The Morgan fingerprint density at radius 1 is 0.636 bits per heavy atom. The average Bonchev–Trinajstić information content (AvgIpc) is 2.61. The number of rotatable bonds is 4. The van der Waals surface area contributed by atoms with Crippen molar-refractivity contribution in [3.63, 3.8) is 0 Å². The molecule has 0 aromatic heterocycles. The summed E-state index contributed by atoms with van der Waals surface area (Å²) in [4.78, 5) is 8.39. The normalized spacial score (nSPS) is 9.82. The maximum Gasteiger partial charge on any atom is 0.0952 e. The SMILES string of the molecule is C(=NCc1ccc(-c2ccccc2)cc1)=Nc1ccccc1. The molecule has 0 saturated carbocycles. The maximum atomic E-state index is 4.22. The van der Waals surface area contributed by atoms with Gasteiger partial charge in [-0.1, -0.05) is 72.8 Å². The summed E-state index contributed by atoms with van der Waals surface area (Å²) >= 11 is 0. The third-order valence-corrected chi connectivity index (χ3v) is 3.33. The molecular formula is C20H16N2. The maximum absolute atomic E-state index is 4.22. The molecule has 0 aliphatic heterocycles. The Morgan fingerprint density at radius 3 is 1.91 bits per heavy atom. The van der Waals surface area contributed by atoms with Crippen molar-refractivity contribution in [2.75, 3.05) is 0 Å². The van der Waals surface area contributed by atoms with Gasteiger partial charge in [0.1, 0.15) is 0 Å². The van der Waals surface area contributed by atoms with Crippen LogP contribution in [-0.4, -0.2) is 6.01 Å². The first-order chi connectivity index (χ1) is 10.9. The summed E-state index contributed by atoms with van der Waals surface area (Å²) in [6.07, 6.45) is 0. The van der Waals surface area contributed by atoms with Gasteiger partial charge in [0.05, 0.1) is 18.2 Å². The van der Waals surface area contributed by atoms with Crippen molar-refractivity contribution < 1.29 is 0 Å². The Balaban J connectivity index is 1.66. The minimum atomic E-state index is 0.589. The van der Waals surface area contributed by atoms with Crippen molar-refractivity contribution in [2.45, 2.75) is 6.54 Å². The zero-order valence-electron chi connectivity index (χ0n) is 12.2. The molecule has 2 nitrogen and oxygen atoms in total. The minimum absolute atomic E-state index is 0.589. The zero-order valence-corrected chi connectivity index (χ0v) is 12.2. The highest BCUT2D eigenvalue weighted by Gasteiger charge is 1.96. The predicted octanol–water partition coefficient (Wildman–Crippen LogP) is 5.36. The standard InChI is InChI=1S/C20H16N2/c1-3-7-18(8-4-1)19-13-11-17(12-14-19)15-21-16-22-20-9-5-2-6-10-20/h1-14H,15H2.